The van der Waals surface area contributed by atoms with E-state index in [1.54, 1.807) is 41.2 Å². The summed E-state index contributed by atoms with van der Waals surface area (Å²) in [6.07, 6.45) is 1.72. The zero-order chi connectivity index (χ0) is 15.5. The SMILES string of the molecule is Cn1nccc1-c1cc(Cl)ccc1Oc1ccc(C#N)cc1. The van der Waals surface area contributed by atoms with E-state index in [4.69, 9.17) is 21.6 Å². The Morgan fingerprint density at radius 2 is 1.91 bits per heavy atom. The third-order valence-electron chi connectivity index (χ3n) is 3.25. The van der Waals surface area contributed by atoms with Crippen LogP contribution in [0.5, 0.6) is 11.5 Å². The Hall–Kier alpha value is -2.77. The number of hydrogen-bond donors (Lipinski definition) is 0. The van der Waals surface area contributed by atoms with Gasteiger partial charge in [0.1, 0.15) is 11.5 Å². The molecule has 0 spiro atoms. The van der Waals surface area contributed by atoms with Crippen LogP contribution in [-0.4, -0.2) is 9.78 Å². The van der Waals surface area contributed by atoms with Crippen molar-refractivity contribution in [3.05, 3.63) is 65.3 Å². The van der Waals surface area contributed by atoms with Crippen molar-refractivity contribution in [3.8, 4) is 28.8 Å². The lowest BCUT2D eigenvalue weighted by Crippen LogP contribution is -1.96. The van der Waals surface area contributed by atoms with Crippen LogP contribution in [-0.2, 0) is 7.05 Å². The molecular formula is C17H12ClN3O. The Kier molecular flexibility index (Phi) is 3.82. The minimum Gasteiger partial charge on any atom is -0.457 e. The van der Waals surface area contributed by atoms with E-state index in [2.05, 4.69) is 11.2 Å². The van der Waals surface area contributed by atoms with Gasteiger partial charge in [-0.05, 0) is 48.5 Å². The van der Waals surface area contributed by atoms with Crippen molar-refractivity contribution in [2.24, 2.45) is 7.05 Å². The van der Waals surface area contributed by atoms with Crippen molar-refractivity contribution >= 4 is 11.6 Å². The van der Waals surface area contributed by atoms with Crippen molar-refractivity contribution in [1.29, 1.82) is 5.26 Å². The van der Waals surface area contributed by atoms with Gasteiger partial charge in [0.15, 0.2) is 0 Å². The number of aromatic nitrogens is 2. The summed E-state index contributed by atoms with van der Waals surface area (Å²) in [7, 11) is 1.86. The van der Waals surface area contributed by atoms with Crippen LogP contribution in [0.1, 0.15) is 5.56 Å². The molecule has 0 N–H and O–H groups in total. The molecule has 0 saturated heterocycles. The lowest BCUT2D eigenvalue weighted by molar-refractivity contribution is 0.484. The van der Waals surface area contributed by atoms with Crippen LogP contribution in [0.25, 0.3) is 11.3 Å². The normalized spacial score (nSPS) is 10.2. The predicted molar refractivity (Wildman–Crippen MR) is 84.9 cm³/mol. The molecule has 2 aromatic carbocycles. The van der Waals surface area contributed by atoms with E-state index in [1.165, 1.54) is 0 Å². The number of rotatable bonds is 3. The Morgan fingerprint density at radius 3 is 2.55 bits per heavy atom. The molecule has 0 saturated carbocycles. The summed E-state index contributed by atoms with van der Waals surface area (Å²) in [5, 5.41) is 13.6. The van der Waals surface area contributed by atoms with Crippen LogP contribution in [0.3, 0.4) is 0 Å². The van der Waals surface area contributed by atoms with Gasteiger partial charge in [-0.15, -0.1) is 0 Å². The fourth-order valence-electron chi connectivity index (χ4n) is 2.15. The van der Waals surface area contributed by atoms with Crippen LogP contribution >= 0.6 is 11.6 Å². The highest BCUT2D eigenvalue weighted by atomic mass is 35.5. The molecule has 3 rings (SSSR count). The number of nitrogens with zero attached hydrogens (tertiary/aromatic N) is 3. The monoisotopic (exact) mass is 309 g/mol. The van der Waals surface area contributed by atoms with E-state index in [-0.39, 0.29) is 0 Å². The standard InChI is InChI=1S/C17H12ClN3O/c1-21-16(8-9-20-21)15-10-13(18)4-7-17(15)22-14-5-2-12(11-19)3-6-14/h2-10H,1H3. The molecule has 3 aromatic rings. The summed E-state index contributed by atoms with van der Waals surface area (Å²) in [5.41, 5.74) is 2.36. The van der Waals surface area contributed by atoms with Gasteiger partial charge in [-0.3, -0.25) is 4.68 Å². The highest BCUT2D eigenvalue weighted by Gasteiger charge is 2.11. The molecule has 0 unspecified atom stereocenters. The molecule has 0 bridgehead atoms. The fourth-order valence-corrected chi connectivity index (χ4v) is 2.33. The van der Waals surface area contributed by atoms with Gasteiger partial charge in [0.2, 0.25) is 0 Å². The maximum atomic E-state index is 8.83. The van der Waals surface area contributed by atoms with E-state index >= 15 is 0 Å². The van der Waals surface area contributed by atoms with Crippen molar-refractivity contribution in [1.82, 2.24) is 9.78 Å². The molecule has 0 atom stereocenters. The zero-order valence-corrected chi connectivity index (χ0v) is 12.6. The van der Waals surface area contributed by atoms with E-state index in [1.807, 2.05) is 25.2 Å². The van der Waals surface area contributed by atoms with Gasteiger partial charge < -0.3 is 4.74 Å². The molecule has 0 fully saturated rings. The first-order valence-electron chi connectivity index (χ1n) is 6.63. The summed E-state index contributed by atoms with van der Waals surface area (Å²) in [6, 6.07) is 16.4. The largest absolute Gasteiger partial charge is 0.457 e. The Bertz CT molecular complexity index is 847. The third-order valence-corrected chi connectivity index (χ3v) is 3.48. The molecule has 4 nitrogen and oxygen atoms in total. The average molecular weight is 310 g/mol. The minimum absolute atomic E-state index is 0.593. The minimum atomic E-state index is 0.593. The Morgan fingerprint density at radius 1 is 1.14 bits per heavy atom. The molecule has 1 aromatic heterocycles. The molecule has 108 valence electrons. The molecule has 0 amide bonds. The van der Waals surface area contributed by atoms with Gasteiger partial charge in [-0.25, -0.2) is 0 Å². The first-order chi connectivity index (χ1) is 10.7. The third kappa shape index (κ3) is 2.80. The lowest BCUT2D eigenvalue weighted by atomic mass is 10.1. The second kappa shape index (κ2) is 5.92. The second-order valence-corrected chi connectivity index (χ2v) is 5.16. The number of benzene rings is 2. The van der Waals surface area contributed by atoms with Crippen LogP contribution in [0, 0.1) is 11.3 Å². The molecule has 0 aliphatic carbocycles. The van der Waals surface area contributed by atoms with Gasteiger partial charge in [-0.2, -0.15) is 10.4 Å². The van der Waals surface area contributed by atoms with Crippen molar-refractivity contribution in [3.63, 3.8) is 0 Å². The smallest absolute Gasteiger partial charge is 0.136 e. The molecule has 22 heavy (non-hydrogen) atoms. The van der Waals surface area contributed by atoms with Crippen LogP contribution in [0.2, 0.25) is 5.02 Å². The summed E-state index contributed by atoms with van der Waals surface area (Å²) in [4.78, 5) is 0. The van der Waals surface area contributed by atoms with Gasteiger partial charge in [0.05, 0.1) is 17.3 Å². The van der Waals surface area contributed by atoms with E-state index in [0.29, 0.717) is 22.1 Å². The molecule has 1 heterocycles. The summed E-state index contributed by atoms with van der Waals surface area (Å²) in [5.74, 6) is 1.34. The summed E-state index contributed by atoms with van der Waals surface area (Å²) < 4.78 is 7.69. The maximum Gasteiger partial charge on any atom is 0.136 e. The van der Waals surface area contributed by atoms with E-state index < -0.39 is 0 Å². The van der Waals surface area contributed by atoms with E-state index in [9.17, 15) is 0 Å². The molecular weight excluding hydrogens is 298 g/mol. The van der Waals surface area contributed by atoms with Crippen molar-refractivity contribution in [2.45, 2.75) is 0 Å². The van der Waals surface area contributed by atoms with Crippen molar-refractivity contribution in [2.75, 3.05) is 0 Å². The van der Waals surface area contributed by atoms with E-state index in [0.717, 1.165) is 11.3 Å². The van der Waals surface area contributed by atoms with Crippen LogP contribution in [0.4, 0.5) is 0 Å². The molecule has 5 heteroatoms. The topological polar surface area (TPSA) is 50.8 Å². The first kappa shape index (κ1) is 14.2. The quantitative estimate of drug-likeness (QED) is 0.720. The van der Waals surface area contributed by atoms with Crippen LogP contribution < -0.4 is 4.74 Å². The number of hydrogen-bond acceptors (Lipinski definition) is 3. The maximum absolute atomic E-state index is 8.83. The average Bonchev–Trinajstić information content (AvgIpc) is 2.96. The fraction of sp³-hybridized carbons (Fsp3) is 0.0588. The number of aryl methyl sites for hydroxylation is 1. The highest BCUT2D eigenvalue weighted by molar-refractivity contribution is 6.31. The second-order valence-electron chi connectivity index (χ2n) is 4.72. The highest BCUT2D eigenvalue weighted by Crippen LogP contribution is 2.35. The molecule has 0 radical (unpaired) electrons. The number of nitriles is 1. The Labute approximate surface area is 133 Å². The number of ether oxygens (including phenoxy) is 1. The molecule has 0 aliphatic heterocycles. The van der Waals surface area contributed by atoms with Gasteiger partial charge in [0.25, 0.3) is 0 Å². The first-order valence-corrected chi connectivity index (χ1v) is 7.01. The van der Waals surface area contributed by atoms with Crippen LogP contribution in [0.15, 0.2) is 54.7 Å². The summed E-state index contributed by atoms with van der Waals surface area (Å²) >= 11 is 6.11. The lowest BCUT2D eigenvalue weighted by Gasteiger charge is -2.12. The van der Waals surface area contributed by atoms with Gasteiger partial charge >= 0.3 is 0 Å². The summed E-state index contributed by atoms with van der Waals surface area (Å²) in [6.45, 7) is 0. The Balaban J connectivity index is 2.00. The van der Waals surface area contributed by atoms with Gasteiger partial charge in [0, 0.05) is 23.8 Å². The zero-order valence-electron chi connectivity index (χ0n) is 11.8. The predicted octanol–water partition coefficient (Wildman–Crippen LogP) is 4.40. The number of halogens is 1. The van der Waals surface area contributed by atoms with Gasteiger partial charge in [-0.1, -0.05) is 11.6 Å². The van der Waals surface area contributed by atoms with Crippen molar-refractivity contribution < 1.29 is 4.74 Å². The molecule has 0 aliphatic rings.